The van der Waals surface area contributed by atoms with Crippen molar-refractivity contribution in [2.75, 3.05) is 18.8 Å². The van der Waals surface area contributed by atoms with Crippen molar-refractivity contribution in [3.8, 4) is 0 Å². The highest BCUT2D eigenvalue weighted by Gasteiger charge is 2.52. The summed E-state index contributed by atoms with van der Waals surface area (Å²) in [4.78, 5) is 68.8. The summed E-state index contributed by atoms with van der Waals surface area (Å²) in [7, 11) is -3.55. The second kappa shape index (κ2) is 15.7. The van der Waals surface area contributed by atoms with Crippen LogP contribution >= 0.6 is 0 Å². The molecule has 0 aromatic rings. The van der Waals surface area contributed by atoms with E-state index in [4.69, 9.17) is 0 Å². The SMILES string of the molecule is C=CCNC(=O)C(=O)C(C)NC(=O)[C@@H]1[C@H]2CCC[C@H]2CN1C(=O)[C@@H](NC(=O)NC1(CS(=O)(=O)C(C)(C)C)CCCCC1)C1CCCCC1. The largest absolute Gasteiger partial charge is 0.346 e. The lowest BCUT2D eigenvalue weighted by molar-refractivity contribution is -0.144. The maximum Gasteiger partial charge on any atom is 0.315 e. The average molecular weight is 692 g/mol. The van der Waals surface area contributed by atoms with Gasteiger partial charge in [0.1, 0.15) is 12.1 Å². The molecule has 0 spiro atoms. The number of amides is 5. The van der Waals surface area contributed by atoms with E-state index in [1.165, 1.54) is 13.0 Å². The molecule has 1 aliphatic heterocycles. The van der Waals surface area contributed by atoms with Crippen LogP contribution in [0.5, 0.6) is 0 Å². The van der Waals surface area contributed by atoms with Crippen molar-refractivity contribution in [2.24, 2.45) is 17.8 Å². The van der Waals surface area contributed by atoms with Crippen molar-refractivity contribution in [1.82, 2.24) is 26.2 Å². The Kier molecular flexibility index (Phi) is 12.4. The lowest BCUT2D eigenvalue weighted by Gasteiger charge is -2.40. The maximum absolute atomic E-state index is 14.6. The van der Waals surface area contributed by atoms with Gasteiger partial charge in [0.15, 0.2) is 9.84 Å². The maximum atomic E-state index is 14.6. The first-order valence-corrected chi connectivity index (χ1v) is 19.6. The van der Waals surface area contributed by atoms with Crippen LogP contribution in [0.15, 0.2) is 12.7 Å². The normalized spacial score (nSPS) is 25.7. The number of ketones is 1. The van der Waals surface area contributed by atoms with E-state index < -0.39 is 61.9 Å². The van der Waals surface area contributed by atoms with E-state index in [0.29, 0.717) is 19.4 Å². The van der Waals surface area contributed by atoms with Crippen LogP contribution in [0.4, 0.5) is 4.79 Å². The van der Waals surface area contributed by atoms with Gasteiger partial charge in [-0.3, -0.25) is 19.2 Å². The number of urea groups is 1. The van der Waals surface area contributed by atoms with E-state index >= 15 is 0 Å². The van der Waals surface area contributed by atoms with Crippen LogP contribution in [0.25, 0.3) is 0 Å². The zero-order valence-electron chi connectivity index (χ0n) is 29.3. The zero-order chi connectivity index (χ0) is 35.3. The molecule has 5 atom stereocenters. The molecule has 4 rings (SSSR count). The number of nitrogens with one attached hydrogen (secondary N) is 4. The smallest absolute Gasteiger partial charge is 0.315 e. The summed E-state index contributed by atoms with van der Waals surface area (Å²) < 4.78 is 25.7. The monoisotopic (exact) mass is 691 g/mol. The van der Waals surface area contributed by atoms with Gasteiger partial charge in [-0.1, -0.05) is 51.0 Å². The van der Waals surface area contributed by atoms with E-state index in [9.17, 15) is 32.4 Å². The molecule has 12 nitrogen and oxygen atoms in total. The van der Waals surface area contributed by atoms with Crippen LogP contribution in [0, 0.1) is 17.8 Å². The Morgan fingerprint density at radius 3 is 2.19 bits per heavy atom. The standard InChI is InChI=1S/C35H57N5O7S/c1-6-20-36-31(43)29(41)23(2)37-30(42)28-26-17-13-16-25(26)21-40(28)32(44)27(24-14-9-7-10-15-24)38-33(45)39-35(18-11-8-12-19-35)22-48(46,47)34(3,4)5/h6,23-28H,1,7-22H2,2-5H3,(H,36,43)(H,37,42)(H2,38,39,45)/t23?,25-,26-,27-,28-/m0/s1. The number of fused-ring (bicyclic) bond motifs is 1. The molecule has 48 heavy (non-hydrogen) atoms. The van der Waals surface area contributed by atoms with E-state index in [2.05, 4.69) is 27.8 Å². The zero-order valence-corrected chi connectivity index (χ0v) is 30.1. The van der Waals surface area contributed by atoms with Gasteiger partial charge in [0, 0.05) is 13.1 Å². The fourth-order valence-corrected chi connectivity index (χ4v) is 9.76. The fraction of sp³-hybridized carbons (Fsp3) is 0.800. The number of sulfone groups is 1. The Morgan fingerprint density at radius 1 is 0.917 bits per heavy atom. The van der Waals surface area contributed by atoms with Crippen LogP contribution in [-0.2, 0) is 29.0 Å². The molecule has 13 heteroatoms. The minimum atomic E-state index is -3.55. The first-order chi connectivity index (χ1) is 22.6. The molecule has 1 saturated heterocycles. The van der Waals surface area contributed by atoms with Crippen LogP contribution < -0.4 is 21.3 Å². The third kappa shape index (κ3) is 8.79. The summed E-state index contributed by atoms with van der Waals surface area (Å²) in [5.41, 5.74) is -0.928. The highest BCUT2D eigenvalue weighted by atomic mass is 32.2. The van der Waals surface area contributed by atoms with Crippen LogP contribution in [0.3, 0.4) is 0 Å². The second-order valence-corrected chi connectivity index (χ2v) is 18.3. The van der Waals surface area contributed by atoms with Gasteiger partial charge < -0.3 is 26.2 Å². The number of hydrogen-bond donors (Lipinski definition) is 4. The number of nitrogens with zero attached hydrogens (tertiary/aromatic N) is 1. The number of carbonyl (C=O) groups is 5. The molecule has 0 radical (unpaired) electrons. The summed E-state index contributed by atoms with van der Waals surface area (Å²) in [5.74, 6) is -2.66. The predicted octanol–water partition coefficient (Wildman–Crippen LogP) is 3.15. The number of rotatable bonds is 12. The molecular formula is C35H57N5O7S. The molecule has 4 N–H and O–H groups in total. The summed E-state index contributed by atoms with van der Waals surface area (Å²) in [6, 6.07) is -3.36. The summed E-state index contributed by atoms with van der Waals surface area (Å²) in [6.45, 7) is 10.5. The third-order valence-corrected chi connectivity index (χ3v) is 13.9. The molecule has 3 aliphatic carbocycles. The van der Waals surface area contributed by atoms with E-state index in [1.54, 1.807) is 25.7 Å². The molecule has 0 aromatic heterocycles. The highest BCUT2D eigenvalue weighted by molar-refractivity contribution is 7.92. The molecule has 1 heterocycles. The van der Waals surface area contributed by atoms with Crippen LogP contribution in [0.1, 0.15) is 111 Å². The number of hydrogen-bond acceptors (Lipinski definition) is 7. The minimum absolute atomic E-state index is 0.0835. The Balaban J connectivity index is 1.55. The third-order valence-electron chi connectivity index (χ3n) is 11.1. The summed E-state index contributed by atoms with van der Waals surface area (Å²) in [6.07, 6.45) is 12.1. The molecule has 1 unspecified atom stereocenters. The Labute approximate surface area is 286 Å². The average Bonchev–Trinajstić information content (AvgIpc) is 3.63. The van der Waals surface area contributed by atoms with Crippen molar-refractivity contribution in [3.63, 3.8) is 0 Å². The van der Waals surface area contributed by atoms with Gasteiger partial charge in [-0.2, -0.15) is 0 Å². The molecule has 270 valence electrons. The molecular weight excluding hydrogens is 634 g/mol. The van der Waals surface area contributed by atoms with Gasteiger partial charge >= 0.3 is 6.03 Å². The topological polar surface area (TPSA) is 171 Å². The summed E-state index contributed by atoms with van der Waals surface area (Å²) in [5, 5.41) is 11.2. The van der Waals surface area contributed by atoms with E-state index in [0.717, 1.165) is 70.6 Å². The predicted molar refractivity (Wildman–Crippen MR) is 184 cm³/mol. The second-order valence-electron chi connectivity index (χ2n) is 15.6. The Hall–Kier alpha value is -2.96. The fourth-order valence-electron chi connectivity index (χ4n) is 8.24. The number of Topliss-reactive ketones (excluding diaryl/α,β-unsaturated/α-hetero) is 1. The molecule has 4 aliphatic rings. The van der Waals surface area contributed by atoms with Gasteiger partial charge in [0.2, 0.25) is 17.6 Å². The van der Waals surface area contributed by atoms with Crippen molar-refractivity contribution in [2.45, 2.75) is 140 Å². The molecule has 0 bridgehead atoms. The molecule has 4 fully saturated rings. The van der Waals surface area contributed by atoms with Gasteiger partial charge in [-0.05, 0) is 84.0 Å². The van der Waals surface area contributed by atoms with Crippen LogP contribution in [0.2, 0.25) is 0 Å². The van der Waals surface area contributed by atoms with E-state index in [-0.39, 0.29) is 36.0 Å². The molecule has 0 aromatic carbocycles. The summed E-state index contributed by atoms with van der Waals surface area (Å²) >= 11 is 0. The van der Waals surface area contributed by atoms with Crippen molar-refractivity contribution >= 4 is 39.4 Å². The number of likely N-dealkylation sites (tertiary alicyclic amines) is 1. The van der Waals surface area contributed by atoms with E-state index in [1.807, 2.05) is 0 Å². The van der Waals surface area contributed by atoms with Gasteiger partial charge in [-0.15, -0.1) is 6.58 Å². The van der Waals surface area contributed by atoms with Crippen molar-refractivity contribution in [1.29, 1.82) is 0 Å². The quantitative estimate of drug-likeness (QED) is 0.180. The molecule has 5 amide bonds. The lowest BCUT2D eigenvalue weighted by Crippen LogP contribution is -2.63. The first kappa shape index (κ1) is 37.9. The van der Waals surface area contributed by atoms with Gasteiger partial charge in [-0.25, -0.2) is 13.2 Å². The Bertz CT molecular complexity index is 1330. The van der Waals surface area contributed by atoms with Crippen LogP contribution in [-0.4, -0.2) is 90.1 Å². The van der Waals surface area contributed by atoms with Gasteiger partial charge in [0.25, 0.3) is 5.91 Å². The Morgan fingerprint density at radius 2 is 1.56 bits per heavy atom. The number of carbonyl (C=O) groups excluding carboxylic acids is 5. The van der Waals surface area contributed by atoms with Gasteiger partial charge in [0.05, 0.1) is 22.1 Å². The highest BCUT2D eigenvalue weighted by Crippen LogP contribution is 2.43. The first-order valence-electron chi connectivity index (χ1n) is 17.9. The molecule has 3 saturated carbocycles. The van der Waals surface area contributed by atoms with Crippen molar-refractivity contribution < 1.29 is 32.4 Å². The lowest BCUT2D eigenvalue weighted by atomic mass is 9.82. The minimum Gasteiger partial charge on any atom is -0.346 e. The van der Waals surface area contributed by atoms with Crippen molar-refractivity contribution in [3.05, 3.63) is 12.7 Å².